The second-order valence-electron chi connectivity index (χ2n) is 5.27. The number of ether oxygens (including phenoxy) is 3. The number of carbonyl (C=O) groups excluding carboxylic acids is 2. The molecule has 0 bridgehead atoms. The molecule has 0 spiro atoms. The van der Waals surface area contributed by atoms with Gasteiger partial charge < -0.3 is 14.2 Å². The van der Waals surface area contributed by atoms with Crippen LogP contribution < -0.4 is 4.74 Å². The number of hydrogen-bond donors (Lipinski definition) is 0. The minimum atomic E-state index is -1.26. The highest BCUT2D eigenvalue weighted by Crippen LogP contribution is 2.29. The van der Waals surface area contributed by atoms with E-state index in [9.17, 15) is 9.59 Å². The van der Waals surface area contributed by atoms with Crippen molar-refractivity contribution < 1.29 is 23.8 Å². The van der Waals surface area contributed by atoms with E-state index in [1.807, 2.05) is 6.92 Å². The van der Waals surface area contributed by atoms with Gasteiger partial charge in [0.2, 0.25) is 0 Å². The average Bonchev–Trinajstić information content (AvgIpc) is 2.41. The van der Waals surface area contributed by atoms with Gasteiger partial charge in [-0.3, -0.25) is 0 Å². The predicted octanol–water partition coefficient (Wildman–Crippen LogP) is 3.35. The van der Waals surface area contributed by atoms with Crippen LogP contribution >= 0.6 is 11.6 Å². The minimum absolute atomic E-state index is 0.192. The maximum Gasteiger partial charge on any atom is 0.348 e. The maximum atomic E-state index is 12.0. The summed E-state index contributed by atoms with van der Waals surface area (Å²) in [6.45, 7) is 5.48. The Morgan fingerprint density at radius 2 is 1.86 bits per heavy atom. The Kier molecular flexibility index (Phi) is 4.76. The van der Waals surface area contributed by atoms with E-state index in [0.29, 0.717) is 22.9 Å². The quantitative estimate of drug-likeness (QED) is 0.483. The molecule has 6 heteroatoms. The molecule has 0 radical (unpaired) electrons. The largest absolute Gasteiger partial charge is 0.493 e. The van der Waals surface area contributed by atoms with E-state index < -0.39 is 17.7 Å². The Labute approximate surface area is 133 Å². The summed E-state index contributed by atoms with van der Waals surface area (Å²) in [7, 11) is 0. The molecule has 1 aliphatic heterocycles. The Morgan fingerprint density at radius 3 is 2.45 bits per heavy atom. The highest BCUT2D eigenvalue weighted by atomic mass is 35.5. The first-order valence-electron chi connectivity index (χ1n) is 6.93. The van der Waals surface area contributed by atoms with Gasteiger partial charge in [0, 0.05) is 24.4 Å². The van der Waals surface area contributed by atoms with Crippen molar-refractivity contribution in [3.63, 3.8) is 0 Å². The van der Waals surface area contributed by atoms with Gasteiger partial charge in [0.1, 0.15) is 11.3 Å². The molecule has 0 aromatic heterocycles. The zero-order valence-electron chi connectivity index (χ0n) is 12.6. The molecule has 0 amide bonds. The summed E-state index contributed by atoms with van der Waals surface area (Å²) in [5.74, 6) is -2.20. The second kappa shape index (κ2) is 6.40. The lowest BCUT2D eigenvalue weighted by Gasteiger charge is -2.29. The van der Waals surface area contributed by atoms with Crippen LogP contribution in [0.4, 0.5) is 0 Å². The van der Waals surface area contributed by atoms with Crippen LogP contribution in [0.5, 0.6) is 5.75 Å². The second-order valence-corrected chi connectivity index (χ2v) is 5.70. The molecule has 22 heavy (non-hydrogen) atoms. The lowest BCUT2D eigenvalue weighted by atomic mass is 10.1. The van der Waals surface area contributed by atoms with E-state index in [-0.39, 0.29) is 5.57 Å². The molecule has 0 saturated carbocycles. The molecule has 0 atom stereocenters. The minimum Gasteiger partial charge on any atom is -0.493 e. The van der Waals surface area contributed by atoms with Crippen molar-refractivity contribution in [1.29, 1.82) is 0 Å². The van der Waals surface area contributed by atoms with E-state index in [2.05, 4.69) is 0 Å². The predicted molar refractivity (Wildman–Crippen MR) is 81.5 cm³/mol. The van der Waals surface area contributed by atoms with Gasteiger partial charge in [0.15, 0.2) is 0 Å². The van der Waals surface area contributed by atoms with Gasteiger partial charge in [-0.25, -0.2) is 9.59 Å². The van der Waals surface area contributed by atoms with Crippen LogP contribution in [0.1, 0.15) is 32.8 Å². The molecular formula is C16H17ClO5. The number of benzene rings is 1. The molecule has 1 aliphatic rings. The standard InChI is InChI=1S/C16H17ClO5/c1-4-7-20-13-6-5-11(17)8-10(13)9-12-14(18)21-16(2,3)22-15(12)19/h5-6,8-9H,4,7H2,1-3H3. The summed E-state index contributed by atoms with van der Waals surface area (Å²) >= 11 is 5.97. The highest BCUT2D eigenvalue weighted by molar-refractivity contribution is 6.30. The van der Waals surface area contributed by atoms with Gasteiger partial charge in [-0.1, -0.05) is 18.5 Å². The van der Waals surface area contributed by atoms with Crippen LogP contribution in [0.3, 0.4) is 0 Å². The van der Waals surface area contributed by atoms with Gasteiger partial charge in [-0.2, -0.15) is 0 Å². The van der Waals surface area contributed by atoms with E-state index in [1.165, 1.54) is 19.9 Å². The average molecular weight is 325 g/mol. The Balaban J connectivity index is 2.37. The molecule has 1 heterocycles. The first-order valence-corrected chi connectivity index (χ1v) is 7.31. The van der Waals surface area contributed by atoms with Crippen molar-refractivity contribution in [1.82, 2.24) is 0 Å². The smallest absolute Gasteiger partial charge is 0.348 e. The third kappa shape index (κ3) is 3.80. The number of hydrogen-bond acceptors (Lipinski definition) is 5. The Morgan fingerprint density at radius 1 is 1.23 bits per heavy atom. The van der Waals surface area contributed by atoms with Gasteiger partial charge in [-0.15, -0.1) is 0 Å². The lowest BCUT2D eigenvalue weighted by molar-refractivity contribution is -0.222. The number of carbonyl (C=O) groups is 2. The molecule has 1 aromatic carbocycles. The summed E-state index contributed by atoms with van der Waals surface area (Å²) in [6.07, 6.45) is 2.20. The summed E-state index contributed by atoms with van der Waals surface area (Å²) in [6, 6.07) is 4.98. The van der Waals surface area contributed by atoms with Crippen LogP contribution in [-0.4, -0.2) is 24.3 Å². The molecule has 1 fully saturated rings. The van der Waals surface area contributed by atoms with Crippen molar-refractivity contribution in [2.75, 3.05) is 6.61 Å². The number of halogens is 1. The molecule has 1 saturated heterocycles. The maximum absolute atomic E-state index is 12.0. The topological polar surface area (TPSA) is 61.8 Å². The fourth-order valence-corrected chi connectivity index (χ4v) is 2.09. The molecular weight excluding hydrogens is 308 g/mol. The van der Waals surface area contributed by atoms with Crippen molar-refractivity contribution in [2.45, 2.75) is 33.0 Å². The fourth-order valence-electron chi connectivity index (χ4n) is 1.91. The molecule has 1 aromatic rings. The van der Waals surface area contributed by atoms with Crippen LogP contribution in [0, 0.1) is 0 Å². The number of rotatable bonds is 4. The molecule has 118 valence electrons. The summed E-state index contributed by atoms with van der Waals surface area (Å²) in [4.78, 5) is 23.9. The summed E-state index contributed by atoms with van der Waals surface area (Å²) in [5.41, 5.74) is 0.326. The molecule has 0 aliphatic carbocycles. The van der Waals surface area contributed by atoms with Gasteiger partial charge in [0.05, 0.1) is 6.61 Å². The fraction of sp³-hybridized carbons (Fsp3) is 0.375. The number of cyclic esters (lactones) is 2. The van der Waals surface area contributed by atoms with Crippen LogP contribution in [0.15, 0.2) is 23.8 Å². The zero-order chi connectivity index (χ0) is 16.3. The third-order valence-corrected chi connectivity index (χ3v) is 3.09. The monoisotopic (exact) mass is 324 g/mol. The van der Waals surface area contributed by atoms with Crippen LogP contribution in [-0.2, 0) is 19.1 Å². The van der Waals surface area contributed by atoms with Gasteiger partial charge in [0.25, 0.3) is 5.79 Å². The molecule has 2 rings (SSSR count). The van der Waals surface area contributed by atoms with Gasteiger partial charge >= 0.3 is 11.9 Å². The lowest BCUT2D eigenvalue weighted by Crippen LogP contribution is -2.41. The van der Waals surface area contributed by atoms with Gasteiger partial charge in [-0.05, 0) is 30.7 Å². The summed E-state index contributed by atoms with van der Waals surface area (Å²) < 4.78 is 15.7. The first kappa shape index (κ1) is 16.4. The third-order valence-electron chi connectivity index (χ3n) is 2.85. The summed E-state index contributed by atoms with van der Waals surface area (Å²) in [5, 5.41) is 0.466. The van der Waals surface area contributed by atoms with Crippen molar-refractivity contribution in [3.05, 3.63) is 34.4 Å². The normalized spacial score (nSPS) is 16.8. The Bertz CT molecular complexity index is 611. The van der Waals surface area contributed by atoms with Crippen molar-refractivity contribution in [2.24, 2.45) is 0 Å². The van der Waals surface area contributed by atoms with E-state index in [4.69, 9.17) is 25.8 Å². The SMILES string of the molecule is CCCOc1ccc(Cl)cc1C=C1C(=O)OC(C)(C)OC1=O. The van der Waals surface area contributed by atoms with Crippen molar-refractivity contribution in [3.8, 4) is 5.75 Å². The first-order chi connectivity index (χ1) is 10.3. The molecule has 0 unspecified atom stereocenters. The highest BCUT2D eigenvalue weighted by Gasteiger charge is 2.39. The van der Waals surface area contributed by atoms with Crippen LogP contribution in [0.25, 0.3) is 6.08 Å². The van der Waals surface area contributed by atoms with E-state index in [1.54, 1.807) is 18.2 Å². The number of esters is 2. The zero-order valence-corrected chi connectivity index (χ0v) is 13.4. The molecule has 0 N–H and O–H groups in total. The van der Waals surface area contributed by atoms with Crippen molar-refractivity contribution >= 4 is 29.6 Å². The van der Waals surface area contributed by atoms with E-state index >= 15 is 0 Å². The molecule has 5 nitrogen and oxygen atoms in total. The van der Waals surface area contributed by atoms with E-state index in [0.717, 1.165) is 6.42 Å². The van der Waals surface area contributed by atoms with Crippen LogP contribution in [0.2, 0.25) is 5.02 Å². The Hall–Kier alpha value is -2.01.